The summed E-state index contributed by atoms with van der Waals surface area (Å²) in [6, 6.07) is 7.11. The predicted molar refractivity (Wildman–Crippen MR) is 106 cm³/mol. The lowest BCUT2D eigenvalue weighted by molar-refractivity contribution is -0.145. The summed E-state index contributed by atoms with van der Waals surface area (Å²) < 4.78 is 10.4. The van der Waals surface area contributed by atoms with Crippen molar-refractivity contribution in [3.05, 3.63) is 52.1 Å². The Hall–Kier alpha value is -2.45. The second-order valence-corrected chi connectivity index (χ2v) is 7.25. The molecule has 146 valence electrons. The van der Waals surface area contributed by atoms with Crippen LogP contribution in [-0.4, -0.2) is 32.3 Å². The van der Waals surface area contributed by atoms with E-state index in [2.05, 4.69) is 20.1 Å². The van der Waals surface area contributed by atoms with Crippen LogP contribution in [0.4, 0.5) is 0 Å². The molecule has 3 rings (SSSR count). The third-order valence-electron chi connectivity index (χ3n) is 4.07. The first kappa shape index (κ1) is 20.3. The van der Waals surface area contributed by atoms with Crippen molar-refractivity contribution in [2.24, 2.45) is 0 Å². The van der Waals surface area contributed by atoms with E-state index < -0.39 is 0 Å². The molecule has 0 amide bonds. The fourth-order valence-electron chi connectivity index (χ4n) is 2.66. The molecule has 9 heteroatoms. The van der Waals surface area contributed by atoms with Gasteiger partial charge in [0.25, 0.3) is 5.89 Å². The monoisotopic (exact) mass is 418 g/mol. The van der Waals surface area contributed by atoms with E-state index in [0.717, 1.165) is 27.7 Å². The van der Waals surface area contributed by atoms with Crippen molar-refractivity contribution >= 4 is 29.3 Å². The van der Waals surface area contributed by atoms with Crippen molar-refractivity contribution in [2.75, 3.05) is 6.26 Å². The molecule has 1 aromatic carbocycles. The summed E-state index contributed by atoms with van der Waals surface area (Å²) in [5, 5.41) is 5.19. The fourth-order valence-corrected chi connectivity index (χ4v) is 3.31. The van der Waals surface area contributed by atoms with Gasteiger partial charge in [0.05, 0.1) is 0 Å². The lowest BCUT2D eigenvalue weighted by Gasteiger charge is -2.09. The lowest BCUT2D eigenvalue weighted by Crippen LogP contribution is -2.09. The minimum atomic E-state index is -0.352. The third kappa shape index (κ3) is 5.08. The number of hydrogen-bond acceptors (Lipinski definition) is 8. The van der Waals surface area contributed by atoms with Crippen molar-refractivity contribution in [2.45, 2.75) is 38.5 Å². The van der Waals surface area contributed by atoms with Crippen LogP contribution in [0.2, 0.25) is 5.02 Å². The maximum absolute atomic E-state index is 12.1. The Balaban J connectivity index is 1.54. The number of aromatic nitrogens is 4. The molecule has 0 radical (unpaired) electrons. The molecule has 2 heterocycles. The number of benzene rings is 1. The van der Waals surface area contributed by atoms with Gasteiger partial charge >= 0.3 is 5.97 Å². The molecule has 0 aliphatic rings. The van der Waals surface area contributed by atoms with E-state index in [-0.39, 0.29) is 24.9 Å². The number of hydrogen-bond donors (Lipinski definition) is 0. The first-order chi connectivity index (χ1) is 13.5. The van der Waals surface area contributed by atoms with Crippen molar-refractivity contribution < 1.29 is 14.1 Å². The molecule has 0 N–H and O–H groups in total. The Labute approximate surface area is 171 Å². The summed E-state index contributed by atoms with van der Waals surface area (Å²) in [5.41, 5.74) is 3.46. The summed E-state index contributed by atoms with van der Waals surface area (Å²) in [5.74, 6) is 0.268. The Morgan fingerprint density at radius 1 is 1.21 bits per heavy atom. The maximum Gasteiger partial charge on any atom is 0.306 e. The van der Waals surface area contributed by atoms with Crippen molar-refractivity contribution in [1.82, 2.24) is 20.1 Å². The van der Waals surface area contributed by atoms with Crippen LogP contribution in [0, 0.1) is 13.8 Å². The number of esters is 1. The van der Waals surface area contributed by atoms with Crippen LogP contribution in [0.25, 0.3) is 11.4 Å². The van der Waals surface area contributed by atoms with Gasteiger partial charge in [-0.05, 0) is 44.2 Å². The molecule has 0 atom stereocenters. The van der Waals surface area contributed by atoms with Crippen LogP contribution in [0.1, 0.15) is 29.3 Å². The van der Waals surface area contributed by atoms with Gasteiger partial charge in [-0.15, -0.1) is 0 Å². The molecule has 28 heavy (non-hydrogen) atoms. The van der Waals surface area contributed by atoms with Gasteiger partial charge < -0.3 is 9.26 Å². The zero-order valence-electron chi connectivity index (χ0n) is 15.7. The maximum atomic E-state index is 12.1. The smallest absolute Gasteiger partial charge is 0.306 e. The van der Waals surface area contributed by atoms with Crippen LogP contribution in [0.15, 0.2) is 33.9 Å². The molecular weight excluding hydrogens is 400 g/mol. The molecule has 0 spiro atoms. The molecule has 3 aromatic rings. The van der Waals surface area contributed by atoms with Gasteiger partial charge in [-0.25, -0.2) is 9.97 Å². The number of carbonyl (C=O) groups excluding carboxylic acids is 1. The lowest BCUT2D eigenvalue weighted by atomic mass is 10.1. The van der Waals surface area contributed by atoms with Crippen molar-refractivity contribution in [1.29, 1.82) is 0 Å². The molecule has 0 fully saturated rings. The summed E-state index contributed by atoms with van der Waals surface area (Å²) in [6.45, 7) is 3.77. The van der Waals surface area contributed by atoms with Gasteiger partial charge in [0, 0.05) is 28.4 Å². The Morgan fingerprint density at radius 3 is 2.64 bits per heavy atom. The van der Waals surface area contributed by atoms with E-state index in [0.29, 0.717) is 17.3 Å². The van der Waals surface area contributed by atoms with Gasteiger partial charge in [0.2, 0.25) is 5.82 Å². The van der Waals surface area contributed by atoms with Crippen LogP contribution in [0.5, 0.6) is 0 Å². The topological polar surface area (TPSA) is 91.0 Å². The molecule has 0 aliphatic carbocycles. The van der Waals surface area contributed by atoms with Gasteiger partial charge in [-0.1, -0.05) is 40.7 Å². The SMILES string of the molecule is CSc1nc(C)c(CCC(=O)OCc2nc(-c3cccc(Cl)c3)no2)c(C)n1. The van der Waals surface area contributed by atoms with Crippen LogP contribution in [0.3, 0.4) is 0 Å². The van der Waals surface area contributed by atoms with Gasteiger partial charge in [-0.3, -0.25) is 4.79 Å². The quantitative estimate of drug-likeness (QED) is 0.320. The highest BCUT2D eigenvalue weighted by Gasteiger charge is 2.14. The number of nitrogens with zero attached hydrogens (tertiary/aromatic N) is 4. The number of aryl methyl sites for hydroxylation is 2. The van der Waals surface area contributed by atoms with E-state index in [4.69, 9.17) is 20.9 Å². The standard InChI is InChI=1S/C19H19ClN4O3S/c1-11-15(12(2)22-19(21-11)28-3)7-8-17(25)26-10-16-23-18(24-27-16)13-5-4-6-14(20)9-13/h4-6,9H,7-8,10H2,1-3H3. The summed E-state index contributed by atoms with van der Waals surface area (Å²) in [6.07, 6.45) is 2.67. The number of halogens is 1. The summed E-state index contributed by atoms with van der Waals surface area (Å²) >= 11 is 7.46. The highest BCUT2D eigenvalue weighted by molar-refractivity contribution is 7.98. The minimum absolute atomic E-state index is 0.0771. The minimum Gasteiger partial charge on any atom is -0.456 e. The Kier molecular flexibility index (Phi) is 6.64. The van der Waals surface area contributed by atoms with Gasteiger partial charge in [0.1, 0.15) is 0 Å². The predicted octanol–water partition coefficient (Wildman–Crippen LogP) is 4.19. The molecule has 0 bridgehead atoms. The second-order valence-electron chi connectivity index (χ2n) is 6.04. The van der Waals surface area contributed by atoms with E-state index >= 15 is 0 Å². The number of carbonyl (C=O) groups is 1. The Morgan fingerprint density at radius 2 is 1.96 bits per heavy atom. The molecule has 0 saturated heterocycles. The third-order valence-corrected chi connectivity index (χ3v) is 4.85. The molecule has 0 saturated carbocycles. The van der Waals surface area contributed by atoms with Crippen LogP contribution < -0.4 is 0 Å². The zero-order chi connectivity index (χ0) is 20.1. The fraction of sp³-hybridized carbons (Fsp3) is 0.316. The zero-order valence-corrected chi connectivity index (χ0v) is 17.3. The summed E-state index contributed by atoms with van der Waals surface area (Å²) in [4.78, 5) is 25.1. The van der Waals surface area contributed by atoms with E-state index in [1.54, 1.807) is 18.2 Å². The van der Waals surface area contributed by atoms with E-state index in [1.807, 2.05) is 26.2 Å². The molecule has 7 nitrogen and oxygen atoms in total. The van der Waals surface area contributed by atoms with Gasteiger partial charge in [-0.2, -0.15) is 4.98 Å². The van der Waals surface area contributed by atoms with Crippen LogP contribution >= 0.6 is 23.4 Å². The molecule has 0 unspecified atom stereocenters. The normalized spacial score (nSPS) is 10.9. The van der Waals surface area contributed by atoms with Crippen molar-refractivity contribution in [3.63, 3.8) is 0 Å². The number of thioether (sulfide) groups is 1. The average molecular weight is 419 g/mol. The van der Waals surface area contributed by atoms with Gasteiger partial charge in [0.15, 0.2) is 11.8 Å². The molecule has 0 aliphatic heterocycles. The number of ether oxygens (including phenoxy) is 1. The average Bonchev–Trinajstić information content (AvgIpc) is 3.14. The molecule has 2 aromatic heterocycles. The first-order valence-corrected chi connectivity index (χ1v) is 10.2. The van der Waals surface area contributed by atoms with E-state index in [9.17, 15) is 4.79 Å². The first-order valence-electron chi connectivity index (χ1n) is 8.58. The highest BCUT2D eigenvalue weighted by atomic mass is 35.5. The number of rotatable bonds is 7. The second kappa shape index (κ2) is 9.16. The van der Waals surface area contributed by atoms with Crippen LogP contribution in [-0.2, 0) is 22.6 Å². The Bertz CT molecular complexity index is 970. The summed E-state index contributed by atoms with van der Waals surface area (Å²) in [7, 11) is 0. The molecular formula is C19H19ClN4O3S. The van der Waals surface area contributed by atoms with E-state index in [1.165, 1.54) is 11.8 Å². The highest BCUT2D eigenvalue weighted by Crippen LogP contribution is 2.20. The van der Waals surface area contributed by atoms with Crippen molar-refractivity contribution in [3.8, 4) is 11.4 Å². The largest absolute Gasteiger partial charge is 0.456 e.